The zero-order chi connectivity index (χ0) is 15.2. The molecular weight excluding hydrogens is 274 g/mol. The summed E-state index contributed by atoms with van der Waals surface area (Å²) in [6.45, 7) is -0.164. The maximum atomic E-state index is 12.0. The van der Waals surface area contributed by atoms with Crippen molar-refractivity contribution in [2.24, 2.45) is 5.73 Å². The molecule has 0 aliphatic heterocycles. The lowest BCUT2D eigenvalue weighted by Crippen LogP contribution is -2.23. The first-order valence-corrected chi connectivity index (χ1v) is 6.17. The highest BCUT2D eigenvalue weighted by Gasteiger charge is 2.13. The predicted molar refractivity (Wildman–Crippen MR) is 77.3 cm³/mol. The Morgan fingerprint density at radius 2 is 2.05 bits per heavy atom. The molecule has 0 fully saturated rings. The van der Waals surface area contributed by atoms with Gasteiger partial charge in [-0.1, -0.05) is 0 Å². The van der Waals surface area contributed by atoms with E-state index >= 15 is 0 Å². The van der Waals surface area contributed by atoms with Gasteiger partial charge in [0.2, 0.25) is 5.91 Å². The summed E-state index contributed by atoms with van der Waals surface area (Å²) in [5.41, 5.74) is 6.08. The van der Waals surface area contributed by atoms with Gasteiger partial charge in [0.1, 0.15) is 5.75 Å². The normalized spacial score (nSPS) is 10.0. The number of benzene rings is 1. The number of nitrogens with two attached hydrogens (primary N) is 1. The molecule has 0 aliphatic carbocycles. The van der Waals surface area contributed by atoms with Crippen molar-refractivity contribution in [2.45, 2.75) is 0 Å². The van der Waals surface area contributed by atoms with E-state index in [4.69, 9.17) is 14.9 Å². The Morgan fingerprint density at radius 3 is 2.67 bits per heavy atom. The number of methoxy groups -OCH3 is 1. The summed E-state index contributed by atoms with van der Waals surface area (Å²) in [6.07, 6.45) is 1.40. The van der Waals surface area contributed by atoms with Gasteiger partial charge in [-0.3, -0.25) is 9.59 Å². The van der Waals surface area contributed by atoms with Crippen molar-refractivity contribution in [3.63, 3.8) is 0 Å². The number of furan rings is 1. The van der Waals surface area contributed by atoms with E-state index in [1.54, 1.807) is 24.3 Å². The van der Waals surface area contributed by atoms with Crippen molar-refractivity contribution in [3.8, 4) is 5.75 Å². The first-order valence-electron chi connectivity index (χ1n) is 6.17. The number of anilines is 2. The summed E-state index contributed by atoms with van der Waals surface area (Å²) in [4.78, 5) is 23.4. The molecule has 0 saturated carbocycles. The van der Waals surface area contributed by atoms with Crippen LogP contribution < -0.4 is 21.1 Å². The van der Waals surface area contributed by atoms with Crippen LogP contribution in [-0.4, -0.2) is 25.5 Å². The van der Waals surface area contributed by atoms with Crippen molar-refractivity contribution in [3.05, 3.63) is 42.4 Å². The maximum Gasteiger partial charge on any atom is 0.291 e. The molecule has 1 aromatic heterocycles. The van der Waals surface area contributed by atoms with Gasteiger partial charge in [-0.2, -0.15) is 0 Å². The van der Waals surface area contributed by atoms with Crippen LogP contribution in [0, 0.1) is 0 Å². The largest absolute Gasteiger partial charge is 0.497 e. The Morgan fingerprint density at radius 1 is 1.24 bits per heavy atom. The number of hydrogen-bond acceptors (Lipinski definition) is 5. The number of carbonyl (C=O) groups excluding carboxylic acids is 2. The molecule has 0 aliphatic rings. The van der Waals surface area contributed by atoms with Crippen LogP contribution in [0.3, 0.4) is 0 Å². The Hall–Kier alpha value is -2.80. The van der Waals surface area contributed by atoms with Crippen molar-refractivity contribution < 1.29 is 18.7 Å². The van der Waals surface area contributed by atoms with Crippen molar-refractivity contribution in [1.29, 1.82) is 0 Å². The minimum atomic E-state index is -0.423. The molecule has 2 aromatic rings. The van der Waals surface area contributed by atoms with E-state index in [1.165, 1.54) is 19.4 Å². The number of rotatable bonds is 5. The van der Waals surface area contributed by atoms with E-state index in [0.717, 1.165) is 0 Å². The van der Waals surface area contributed by atoms with Gasteiger partial charge in [-0.25, -0.2) is 0 Å². The molecule has 1 aromatic carbocycles. The molecular formula is C14H15N3O4. The molecule has 2 amide bonds. The number of carbonyl (C=O) groups is 2. The van der Waals surface area contributed by atoms with Gasteiger partial charge in [0, 0.05) is 6.07 Å². The topological polar surface area (TPSA) is 107 Å². The van der Waals surface area contributed by atoms with E-state index in [0.29, 0.717) is 17.1 Å². The third-order valence-corrected chi connectivity index (χ3v) is 2.68. The van der Waals surface area contributed by atoms with Gasteiger partial charge in [0.15, 0.2) is 5.76 Å². The summed E-state index contributed by atoms with van der Waals surface area (Å²) in [5, 5.41) is 5.25. The number of nitrogens with one attached hydrogen (secondary N) is 2. The molecule has 0 atom stereocenters. The molecule has 0 bridgehead atoms. The van der Waals surface area contributed by atoms with Crippen molar-refractivity contribution in [1.82, 2.24) is 0 Å². The van der Waals surface area contributed by atoms with E-state index in [9.17, 15) is 9.59 Å². The SMILES string of the molecule is COc1ccc(NC(=O)c2ccco2)c(NC(=O)CN)c1. The molecule has 1 heterocycles. The van der Waals surface area contributed by atoms with E-state index < -0.39 is 5.91 Å². The average Bonchev–Trinajstić information content (AvgIpc) is 3.03. The van der Waals surface area contributed by atoms with Crippen LogP contribution in [-0.2, 0) is 4.79 Å². The fourth-order valence-electron chi connectivity index (χ4n) is 1.66. The van der Waals surface area contributed by atoms with Gasteiger partial charge in [-0.15, -0.1) is 0 Å². The van der Waals surface area contributed by atoms with Crippen LogP contribution in [0.25, 0.3) is 0 Å². The monoisotopic (exact) mass is 289 g/mol. The summed E-state index contributed by atoms with van der Waals surface area (Å²) < 4.78 is 10.1. The first-order chi connectivity index (χ1) is 10.1. The minimum Gasteiger partial charge on any atom is -0.497 e. The molecule has 0 unspecified atom stereocenters. The highest BCUT2D eigenvalue weighted by molar-refractivity contribution is 6.06. The second-order valence-electron chi connectivity index (χ2n) is 4.10. The van der Waals surface area contributed by atoms with Gasteiger partial charge in [0.05, 0.1) is 31.3 Å². The zero-order valence-corrected chi connectivity index (χ0v) is 11.4. The van der Waals surface area contributed by atoms with Crippen molar-refractivity contribution >= 4 is 23.2 Å². The highest BCUT2D eigenvalue weighted by Crippen LogP contribution is 2.27. The van der Waals surface area contributed by atoms with Crippen LogP contribution in [0.15, 0.2) is 41.0 Å². The lowest BCUT2D eigenvalue weighted by atomic mass is 10.2. The predicted octanol–water partition coefficient (Wildman–Crippen LogP) is 1.44. The minimum absolute atomic E-state index is 0.164. The van der Waals surface area contributed by atoms with Crippen LogP contribution >= 0.6 is 0 Å². The van der Waals surface area contributed by atoms with E-state index in [-0.39, 0.29) is 18.2 Å². The van der Waals surface area contributed by atoms with E-state index in [2.05, 4.69) is 10.6 Å². The summed E-state index contributed by atoms with van der Waals surface area (Å²) in [6, 6.07) is 8.02. The van der Waals surface area contributed by atoms with Gasteiger partial charge in [0.25, 0.3) is 5.91 Å². The second kappa shape index (κ2) is 6.58. The van der Waals surface area contributed by atoms with Crippen LogP contribution in [0.5, 0.6) is 5.75 Å². The van der Waals surface area contributed by atoms with Crippen LogP contribution in [0.1, 0.15) is 10.6 Å². The summed E-state index contributed by atoms with van der Waals surface area (Å²) in [5.74, 6) is -0.0922. The number of hydrogen-bond donors (Lipinski definition) is 3. The second-order valence-corrected chi connectivity index (χ2v) is 4.10. The van der Waals surface area contributed by atoms with Gasteiger partial charge in [-0.05, 0) is 24.3 Å². The van der Waals surface area contributed by atoms with Gasteiger partial charge >= 0.3 is 0 Å². The first kappa shape index (κ1) is 14.6. The third-order valence-electron chi connectivity index (χ3n) is 2.68. The summed E-state index contributed by atoms with van der Waals surface area (Å²) in [7, 11) is 1.50. The molecule has 4 N–H and O–H groups in total. The van der Waals surface area contributed by atoms with Crippen LogP contribution in [0.2, 0.25) is 0 Å². The fraction of sp³-hybridized carbons (Fsp3) is 0.143. The molecule has 7 heteroatoms. The van der Waals surface area contributed by atoms with E-state index in [1.807, 2.05) is 0 Å². The molecule has 110 valence electrons. The highest BCUT2D eigenvalue weighted by atomic mass is 16.5. The smallest absolute Gasteiger partial charge is 0.291 e. The van der Waals surface area contributed by atoms with Crippen molar-refractivity contribution in [2.75, 3.05) is 24.3 Å². The zero-order valence-electron chi connectivity index (χ0n) is 11.4. The quantitative estimate of drug-likeness (QED) is 0.772. The molecule has 21 heavy (non-hydrogen) atoms. The molecule has 0 saturated heterocycles. The average molecular weight is 289 g/mol. The lowest BCUT2D eigenvalue weighted by molar-refractivity contribution is -0.114. The molecule has 0 radical (unpaired) electrons. The maximum absolute atomic E-state index is 12.0. The number of amides is 2. The Kier molecular flexibility index (Phi) is 4.57. The Labute approximate surface area is 121 Å². The Balaban J connectivity index is 2.24. The Bertz CT molecular complexity index is 638. The number of ether oxygens (including phenoxy) is 1. The van der Waals surface area contributed by atoms with Gasteiger partial charge < -0.3 is 25.5 Å². The molecule has 0 spiro atoms. The fourth-order valence-corrected chi connectivity index (χ4v) is 1.66. The molecule has 2 rings (SSSR count). The summed E-state index contributed by atoms with van der Waals surface area (Å²) >= 11 is 0. The van der Waals surface area contributed by atoms with Crippen LogP contribution in [0.4, 0.5) is 11.4 Å². The molecule has 7 nitrogen and oxygen atoms in total. The third kappa shape index (κ3) is 3.61. The standard InChI is InChI=1S/C14H15N3O4/c1-20-9-4-5-10(11(7-9)16-13(18)8-15)17-14(19)12-3-2-6-21-12/h2-7H,8,15H2,1H3,(H,16,18)(H,17,19). The lowest BCUT2D eigenvalue weighted by Gasteiger charge is -2.12.